The SMILES string of the molecule is CCN(CC)C(=O)[C@@]1(c2ccc(C)cc2)C[C@]1(C)CN. The van der Waals surface area contributed by atoms with Crippen molar-refractivity contribution >= 4 is 5.91 Å². The van der Waals surface area contributed by atoms with Gasteiger partial charge in [0.05, 0.1) is 5.41 Å². The quantitative estimate of drug-likeness (QED) is 0.896. The van der Waals surface area contributed by atoms with Crippen molar-refractivity contribution in [1.29, 1.82) is 0 Å². The number of hydrogen-bond acceptors (Lipinski definition) is 2. The highest BCUT2D eigenvalue weighted by Crippen LogP contribution is 2.64. The van der Waals surface area contributed by atoms with Crippen LogP contribution in [0.4, 0.5) is 0 Å². The molecule has 1 saturated carbocycles. The van der Waals surface area contributed by atoms with Crippen molar-refractivity contribution < 1.29 is 4.79 Å². The lowest BCUT2D eigenvalue weighted by atomic mass is 9.85. The summed E-state index contributed by atoms with van der Waals surface area (Å²) >= 11 is 0. The number of aryl methyl sites for hydroxylation is 1. The van der Waals surface area contributed by atoms with E-state index in [9.17, 15) is 4.79 Å². The van der Waals surface area contributed by atoms with Crippen LogP contribution in [0.3, 0.4) is 0 Å². The van der Waals surface area contributed by atoms with E-state index in [2.05, 4.69) is 38.1 Å². The molecule has 1 aliphatic rings. The molecule has 1 aromatic rings. The average Bonchev–Trinajstić information content (AvgIpc) is 3.09. The Kier molecular flexibility index (Phi) is 3.92. The maximum atomic E-state index is 13.0. The van der Waals surface area contributed by atoms with Gasteiger partial charge in [-0.25, -0.2) is 0 Å². The number of nitrogens with zero attached hydrogens (tertiary/aromatic N) is 1. The summed E-state index contributed by atoms with van der Waals surface area (Å²) in [5.41, 5.74) is 7.77. The fourth-order valence-electron chi connectivity index (χ4n) is 3.31. The van der Waals surface area contributed by atoms with E-state index >= 15 is 0 Å². The summed E-state index contributed by atoms with van der Waals surface area (Å²) in [5, 5.41) is 0. The molecule has 1 aliphatic carbocycles. The topological polar surface area (TPSA) is 46.3 Å². The molecule has 0 radical (unpaired) electrons. The van der Waals surface area contributed by atoms with Crippen LogP contribution in [0.5, 0.6) is 0 Å². The van der Waals surface area contributed by atoms with E-state index in [1.807, 2.05) is 18.7 Å². The Morgan fingerprint density at radius 2 is 1.80 bits per heavy atom. The number of rotatable bonds is 5. The van der Waals surface area contributed by atoms with E-state index in [1.54, 1.807) is 0 Å². The molecule has 0 heterocycles. The highest BCUT2D eigenvalue weighted by molar-refractivity contribution is 5.93. The second-order valence-electron chi connectivity index (χ2n) is 6.19. The molecule has 0 saturated heterocycles. The van der Waals surface area contributed by atoms with E-state index < -0.39 is 5.41 Å². The van der Waals surface area contributed by atoms with Crippen LogP contribution < -0.4 is 5.73 Å². The Labute approximate surface area is 122 Å². The van der Waals surface area contributed by atoms with E-state index in [-0.39, 0.29) is 11.3 Å². The smallest absolute Gasteiger partial charge is 0.233 e. The Morgan fingerprint density at radius 3 is 2.20 bits per heavy atom. The number of carbonyl (C=O) groups is 1. The molecule has 0 aliphatic heterocycles. The maximum Gasteiger partial charge on any atom is 0.233 e. The minimum absolute atomic E-state index is 0.109. The largest absolute Gasteiger partial charge is 0.342 e. The minimum atomic E-state index is -0.415. The van der Waals surface area contributed by atoms with Gasteiger partial charge >= 0.3 is 0 Å². The summed E-state index contributed by atoms with van der Waals surface area (Å²) in [4.78, 5) is 15.0. The predicted molar refractivity (Wildman–Crippen MR) is 82.6 cm³/mol. The lowest BCUT2D eigenvalue weighted by Gasteiger charge is -2.29. The molecule has 0 aromatic heterocycles. The van der Waals surface area contributed by atoms with Gasteiger partial charge in [0.15, 0.2) is 0 Å². The van der Waals surface area contributed by atoms with E-state index in [4.69, 9.17) is 5.73 Å². The first-order chi connectivity index (χ1) is 9.45. The summed E-state index contributed by atoms with van der Waals surface area (Å²) < 4.78 is 0. The first-order valence-corrected chi connectivity index (χ1v) is 7.51. The van der Waals surface area contributed by atoms with Crippen LogP contribution in [0.2, 0.25) is 0 Å². The van der Waals surface area contributed by atoms with Gasteiger partial charge in [-0.15, -0.1) is 0 Å². The fourth-order valence-corrected chi connectivity index (χ4v) is 3.31. The van der Waals surface area contributed by atoms with Gasteiger partial charge in [0.2, 0.25) is 5.91 Å². The van der Waals surface area contributed by atoms with Gasteiger partial charge in [-0.05, 0) is 44.7 Å². The molecule has 1 fully saturated rings. The number of hydrogen-bond donors (Lipinski definition) is 1. The van der Waals surface area contributed by atoms with E-state index in [0.717, 1.165) is 25.1 Å². The molecule has 2 rings (SSSR count). The first-order valence-electron chi connectivity index (χ1n) is 7.51. The van der Waals surface area contributed by atoms with Crippen LogP contribution in [0.25, 0.3) is 0 Å². The Balaban J connectivity index is 2.44. The van der Waals surface area contributed by atoms with Crippen LogP contribution in [0.15, 0.2) is 24.3 Å². The van der Waals surface area contributed by atoms with Gasteiger partial charge in [-0.1, -0.05) is 36.8 Å². The zero-order valence-electron chi connectivity index (χ0n) is 13.1. The third-order valence-electron chi connectivity index (χ3n) is 4.97. The van der Waals surface area contributed by atoms with Crippen molar-refractivity contribution in [3.63, 3.8) is 0 Å². The van der Waals surface area contributed by atoms with Gasteiger partial charge in [0.1, 0.15) is 0 Å². The third kappa shape index (κ3) is 2.05. The summed E-state index contributed by atoms with van der Waals surface area (Å²) in [7, 11) is 0. The van der Waals surface area contributed by atoms with Crippen LogP contribution >= 0.6 is 0 Å². The normalized spacial score (nSPS) is 28.2. The number of nitrogens with two attached hydrogens (primary N) is 1. The zero-order chi connectivity index (χ0) is 15.0. The number of benzene rings is 1. The highest BCUT2D eigenvalue weighted by atomic mass is 16.2. The molecule has 110 valence electrons. The highest BCUT2D eigenvalue weighted by Gasteiger charge is 2.69. The van der Waals surface area contributed by atoms with Crippen LogP contribution in [-0.2, 0) is 10.2 Å². The van der Waals surface area contributed by atoms with Gasteiger partial charge < -0.3 is 10.6 Å². The molecule has 3 nitrogen and oxygen atoms in total. The Morgan fingerprint density at radius 1 is 1.25 bits per heavy atom. The molecule has 0 bridgehead atoms. The van der Waals surface area contributed by atoms with Crippen LogP contribution in [-0.4, -0.2) is 30.4 Å². The summed E-state index contributed by atoms with van der Waals surface area (Å²) in [6, 6.07) is 8.36. The zero-order valence-corrected chi connectivity index (χ0v) is 13.1. The third-order valence-corrected chi connectivity index (χ3v) is 4.97. The van der Waals surface area contributed by atoms with Crippen LogP contribution in [0.1, 0.15) is 38.3 Å². The second-order valence-corrected chi connectivity index (χ2v) is 6.19. The molecular weight excluding hydrogens is 248 g/mol. The number of carbonyl (C=O) groups excluding carboxylic acids is 1. The monoisotopic (exact) mass is 274 g/mol. The standard InChI is InChI=1S/C17H26N2O/c1-5-19(6-2)15(20)17(11-16(17,4)12-18)14-9-7-13(3)8-10-14/h7-10H,5-6,11-12,18H2,1-4H3/t16-,17+/m1/s1. The van der Waals surface area contributed by atoms with Gasteiger partial charge in [0, 0.05) is 13.1 Å². The Hall–Kier alpha value is -1.35. The summed E-state index contributed by atoms with van der Waals surface area (Å²) in [6.07, 6.45) is 0.856. The van der Waals surface area contributed by atoms with Gasteiger partial charge in [0.25, 0.3) is 0 Å². The predicted octanol–water partition coefficient (Wildman–Crippen LogP) is 2.47. The van der Waals surface area contributed by atoms with Crippen molar-refractivity contribution in [2.45, 2.75) is 39.5 Å². The average molecular weight is 274 g/mol. The Bertz CT molecular complexity index is 492. The molecule has 0 spiro atoms. The van der Waals surface area contributed by atoms with Crippen molar-refractivity contribution in [3.8, 4) is 0 Å². The molecule has 0 unspecified atom stereocenters. The maximum absolute atomic E-state index is 13.0. The van der Waals surface area contributed by atoms with Crippen molar-refractivity contribution in [1.82, 2.24) is 4.90 Å². The van der Waals surface area contributed by atoms with Crippen molar-refractivity contribution in [2.24, 2.45) is 11.1 Å². The number of amides is 1. The van der Waals surface area contributed by atoms with Crippen LogP contribution in [0, 0.1) is 12.3 Å². The van der Waals surface area contributed by atoms with E-state index in [0.29, 0.717) is 6.54 Å². The summed E-state index contributed by atoms with van der Waals surface area (Å²) in [5.74, 6) is 0.235. The lowest BCUT2D eigenvalue weighted by Crippen LogP contribution is -2.43. The fraction of sp³-hybridized carbons (Fsp3) is 0.588. The van der Waals surface area contributed by atoms with Crippen molar-refractivity contribution in [3.05, 3.63) is 35.4 Å². The lowest BCUT2D eigenvalue weighted by molar-refractivity contribution is -0.134. The number of likely N-dealkylation sites (N-methyl/N-ethyl adjacent to an activating group) is 1. The second kappa shape index (κ2) is 5.21. The van der Waals surface area contributed by atoms with Gasteiger partial charge in [-0.2, -0.15) is 0 Å². The summed E-state index contributed by atoms with van der Waals surface area (Å²) in [6.45, 7) is 10.3. The molecule has 3 heteroatoms. The molecule has 20 heavy (non-hydrogen) atoms. The molecule has 2 N–H and O–H groups in total. The van der Waals surface area contributed by atoms with Gasteiger partial charge in [-0.3, -0.25) is 4.79 Å². The van der Waals surface area contributed by atoms with E-state index in [1.165, 1.54) is 5.56 Å². The van der Waals surface area contributed by atoms with Crippen molar-refractivity contribution in [2.75, 3.05) is 19.6 Å². The first kappa shape index (κ1) is 15.0. The molecule has 1 amide bonds. The minimum Gasteiger partial charge on any atom is -0.342 e. The molecule has 1 aromatic carbocycles. The molecule has 2 atom stereocenters. The molecular formula is C17H26N2O.